The molecule has 0 aliphatic carbocycles. The van der Waals surface area contributed by atoms with Crippen LogP contribution in [0.4, 0.5) is 5.13 Å². The molecule has 19 heavy (non-hydrogen) atoms. The minimum Gasteiger partial charge on any atom is -0.496 e. The highest BCUT2D eigenvalue weighted by molar-refractivity contribution is 7.17. The molecule has 2 rings (SSSR count). The summed E-state index contributed by atoms with van der Waals surface area (Å²) < 4.78 is 5.23. The van der Waals surface area contributed by atoms with Gasteiger partial charge in [-0.05, 0) is 13.0 Å². The van der Waals surface area contributed by atoms with Gasteiger partial charge in [-0.15, -0.1) is 0 Å². The van der Waals surface area contributed by atoms with Gasteiger partial charge in [0.2, 0.25) is 0 Å². The molecule has 1 heterocycles. The zero-order valence-corrected chi connectivity index (χ0v) is 11.6. The maximum atomic E-state index is 12.0. The lowest BCUT2D eigenvalue weighted by Gasteiger charge is -2.08. The molecule has 5 nitrogen and oxygen atoms in total. The van der Waals surface area contributed by atoms with Gasteiger partial charge in [0, 0.05) is 12.1 Å². The first-order valence-electron chi connectivity index (χ1n) is 5.75. The first-order chi connectivity index (χ1) is 9.11. The smallest absolute Gasteiger partial charge is 0.263 e. The van der Waals surface area contributed by atoms with Crippen LogP contribution in [0.25, 0.3) is 0 Å². The number of benzene rings is 1. The largest absolute Gasteiger partial charge is 0.496 e. The fourth-order valence-electron chi connectivity index (χ4n) is 1.73. The standard InChI is InChI=1S/C13H15N3O2S/c1-8-11(19-13(14)16-8)12(17)15-7-9-5-3-4-6-10(9)18-2/h3-6H,7H2,1-2H3,(H2,14,16)(H,15,17). The van der Waals surface area contributed by atoms with Crippen molar-refractivity contribution in [3.63, 3.8) is 0 Å². The zero-order chi connectivity index (χ0) is 13.8. The number of aromatic nitrogens is 1. The van der Waals surface area contributed by atoms with Crippen molar-refractivity contribution in [3.05, 3.63) is 40.4 Å². The fourth-order valence-corrected chi connectivity index (χ4v) is 2.48. The van der Waals surface area contributed by atoms with Gasteiger partial charge in [0.05, 0.1) is 12.8 Å². The number of rotatable bonds is 4. The second-order valence-electron chi connectivity index (χ2n) is 3.96. The van der Waals surface area contributed by atoms with Crippen molar-refractivity contribution in [1.29, 1.82) is 0 Å². The number of nitrogens with zero attached hydrogens (tertiary/aromatic N) is 1. The highest BCUT2D eigenvalue weighted by atomic mass is 32.1. The molecular weight excluding hydrogens is 262 g/mol. The van der Waals surface area contributed by atoms with Gasteiger partial charge in [-0.3, -0.25) is 4.79 Å². The number of para-hydroxylation sites is 1. The first kappa shape index (κ1) is 13.4. The lowest BCUT2D eigenvalue weighted by atomic mass is 10.2. The fraction of sp³-hybridized carbons (Fsp3) is 0.231. The topological polar surface area (TPSA) is 77.2 Å². The third-order valence-electron chi connectivity index (χ3n) is 2.65. The second kappa shape index (κ2) is 5.71. The van der Waals surface area contributed by atoms with E-state index >= 15 is 0 Å². The Balaban J connectivity index is 2.06. The van der Waals surface area contributed by atoms with Crippen LogP contribution in [-0.4, -0.2) is 18.0 Å². The summed E-state index contributed by atoms with van der Waals surface area (Å²) >= 11 is 1.19. The van der Waals surface area contributed by atoms with Crippen molar-refractivity contribution in [3.8, 4) is 5.75 Å². The summed E-state index contributed by atoms with van der Waals surface area (Å²) in [7, 11) is 1.61. The van der Waals surface area contributed by atoms with Gasteiger partial charge in [-0.2, -0.15) is 0 Å². The van der Waals surface area contributed by atoms with Gasteiger partial charge in [0.1, 0.15) is 10.6 Å². The lowest BCUT2D eigenvalue weighted by Crippen LogP contribution is -2.22. The predicted molar refractivity (Wildman–Crippen MR) is 75.4 cm³/mol. The van der Waals surface area contributed by atoms with E-state index in [4.69, 9.17) is 10.5 Å². The van der Waals surface area contributed by atoms with E-state index in [1.54, 1.807) is 14.0 Å². The van der Waals surface area contributed by atoms with Gasteiger partial charge < -0.3 is 15.8 Å². The number of anilines is 1. The Hall–Kier alpha value is -2.08. The van der Waals surface area contributed by atoms with Gasteiger partial charge >= 0.3 is 0 Å². The molecule has 6 heteroatoms. The molecule has 0 unspecified atom stereocenters. The average Bonchev–Trinajstić information content (AvgIpc) is 2.75. The molecule has 3 N–H and O–H groups in total. The van der Waals surface area contributed by atoms with Crippen LogP contribution in [-0.2, 0) is 6.54 Å². The van der Waals surface area contributed by atoms with E-state index in [1.165, 1.54) is 11.3 Å². The van der Waals surface area contributed by atoms with Crippen molar-refractivity contribution in [2.24, 2.45) is 0 Å². The normalized spacial score (nSPS) is 10.2. The van der Waals surface area contributed by atoms with Gasteiger partial charge in [-0.25, -0.2) is 4.98 Å². The average molecular weight is 277 g/mol. The summed E-state index contributed by atoms with van der Waals surface area (Å²) in [5, 5.41) is 3.24. The third kappa shape index (κ3) is 3.03. The molecule has 2 aromatic rings. The summed E-state index contributed by atoms with van der Waals surface area (Å²) in [6.45, 7) is 2.17. The number of nitrogens with two attached hydrogens (primary N) is 1. The predicted octanol–water partition coefficient (Wildman–Crippen LogP) is 1.97. The Labute approximate surface area is 115 Å². The molecule has 0 spiro atoms. The minimum atomic E-state index is -0.169. The van der Waals surface area contributed by atoms with Crippen LogP contribution in [0, 0.1) is 6.92 Å². The molecular formula is C13H15N3O2S. The quantitative estimate of drug-likeness (QED) is 0.895. The summed E-state index contributed by atoms with van der Waals surface area (Å²) in [5.41, 5.74) is 7.15. The SMILES string of the molecule is COc1ccccc1CNC(=O)c1sc(N)nc1C. The van der Waals surface area contributed by atoms with Crippen molar-refractivity contribution >= 4 is 22.4 Å². The number of carbonyl (C=O) groups is 1. The van der Waals surface area contributed by atoms with E-state index in [1.807, 2.05) is 24.3 Å². The minimum absolute atomic E-state index is 0.169. The molecule has 0 radical (unpaired) electrons. The number of nitrogens with one attached hydrogen (secondary N) is 1. The molecule has 0 fully saturated rings. The van der Waals surface area contributed by atoms with Gasteiger partial charge in [0.25, 0.3) is 5.91 Å². The number of thiazole rings is 1. The van der Waals surface area contributed by atoms with Crippen molar-refractivity contribution in [1.82, 2.24) is 10.3 Å². The maximum Gasteiger partial charge on any atom is 0.263 e. The van der Waals surface area contributed by atoms with E-state index in [9.17, 15) is 4.79 Å². The number of nitrogen functional groups attached to an aromatic ring is 1. The molecule has 0 aliphatic rings. The Morgan fingerprint density at radius 3 is 2.84 bits per heavy atom. The lowest BCUT2D eigenvalue weighted by molar-refractivity contribution is 0.0954. The Bertz CT molecular complexity index is 595. The number of hydrogen-bond acceptors (Lipinski definition) is 5. The second-order valence-corrected chi connectivity index (χ2v) is 4.99. The number of hydrogen-bond donors (Lipinski definition) is 2. The Morgan fingerprint density at radius 1 is 1.47 bits per heavy atom. The summed E-state index contributed by atoms with van der Waals surface area (Å²) in [6, 6.07) is 7.56. The van der Waals surface area contributed by atoms with Crippen LogP contribution in [0.15, 0.2) is 24.3 Å². The van der Waals surface area contributed by atoms with Crippen LogP contribution in [0.1, 0.15) is 20.9 Å². The third-order valence-corrected chi connectivity index (χ3v) is 3.64. The number of aryl methyl sites for hydroxylation is 1. The molecule has 0 atom stereocenters. The molecule has 0 aliphatic heterocycles. The number of carbonyl (C=O) groups excluding carboxylic acids is 1. The van der Waals surface area contributed by atoms with Gasteiger partial charge in [-0.1, -0.05) is 29.5 Å². The maximum absolute atomic E-state index is 12.0. The summed E-state index contributed by atoms with van der Waals surface area (Å²) in [5.74, 6) is 0.584. The molecule has 1 aromatic carbocycles. The Kier molecular flexibility index (Phi) is 4.01. The molecule has 1 aromatic heterocycles. The van der Waals surface area contributed by atoms with E-state index in [0.29, 0.717) is 22.2 Å². The van der Waals surface area contributed by atoms with E-state index < -0.39 is 0 Å². The Morgan fingerprint density at radius 2 is 2.21 bits per heavy atom. The molecule has 100 valence electrons. The van der Waals surface area contributed by atoms with Crippen molar-refractivity contribution < 1.29 is 9.53 Å². The highest BCUT2D eigenvalue weighted by Crippen LogP contribution is 2.20. The van der Waals surface area contributed by atoms with Crippen LogP contribution < -0.4 is 15.8 Å². The monoisotopic (exact) mass is 277 g/mol. The molecule has 0 saturated carbocycles. The van der Waals surface area contributed by atoms with Crippen LogP contribution >= 0.6 is 11.3 Å². The molecule has 1 amide bonds. The zero-order valence-electron chi connectivity index (χ0n) is 10.8. The van der Waals surface area contributed by atoms with Crippen LogP contribution in [0.2, 0.25) is 0 Å². The number of ether oxygens (including phenoxy) is 1. The van der Waals surface area contributed by atoms with E-state index in [-0.39, 0.29) is 5.91 Å². The van der Waals surface area contributed by atoms with E-state index in [0.717, 1.165) is 11.3 Å². The molecule has 0 bridgehead atoms. The van der Waals surface area contributed by atoms with Crippen molar-refractivity contribution in [2.75, 3.05) is 12.8 Å². The number of amides is 1. The van der Waals surface area contributed by atoms with Crippen molar-refractivity contribution in [2.45, 2.75) is 13.5 Å². The first-order valence-corrected chi connectivity index (χ1v) is 6.56. The highest BCUT2D eigenvalue weighted by Gasteiger charge is 2.14. The van der Waals surface area contributed by atoms with Crippen LogP contribution in [0.3, 0.4) is 0 Å². The van der Waals surface area contributed by atoms with E-state index in [2.05, 4.69) is 10.3 Å². The number of methoxy groups -OCH3 is 1. The van der Waals surface area contributed by atoms with Gasteiger partial charge in [0.15, 0.2) is 5.13 Å². The summed E-state index contributed by atoms with van der Waals surface area (Å²) in [4.78, 5) is 16.6. The molecule has 0 saturated heterocycles. The van der Waals surface area contributed by atoms with Crippen LogP contribution in [0.5, 0.6) is 5.75 Å². The summed E-state index contributed by atoms with van der Waals surface area (Å²) in [6.07, 6.45) is 0.